The summed E-state index contributed by atoms with van der Waals surface area (Å²) in [6.45, 7) is 2.05. The zero-order valence-electron chi connectivity index (χ0n) is 16.5. The van der Waals surface area contributed by atoms with Gasteiger partial charge in [-0.05, 0) is 73.5 Å². The Hall–Kier alpha value is -2.24. The average molecular weight is 395 g/mol. The van der Waals surface area contributed by atoms with Gasteiger partial charge in [0.05, 0.1) is 7.11 Å². The molecule has 0 N–H and O–H groups in total. The van der Waals surface area contributed by atoms with E-state index in [0.717, 1.165) is 54.0 Å². The van der Waals surface area contributed by atoms with E-state index >= 15 is 0 Å². The molecule has 0 saturated carbocycles. The van der Waals surface area contributed by atoms with Crippen LogP contribution in [-0.2, 0) is 12.8 Å². The van der Waals surface area contributed by atoms with Crippen LogP contribution in [0.5, 0.6) is 5.75 Å². The first-order chi connectivity index (χ1) is 13.7. The van der Waals surface area contributed by atoms with Gasteiger partial charge in [0.15, 0.2) is 0 Å². The minimum atomic E-state index is 0.0348. The quantitative estimate of drug-likeness (QED) is 0.627. The standard InChI is InChI=1S/C23H26N2O2S/c1-25(12-11-16-9-10-20-18(13-16)14-24-28-23(20)26)15-17-5-3-7-21-19(17)6-4-8-22(21)27-2/h4,6,8-10,13-14,17H,3,5,7,11-12,15H2,1-2H3. The number of hydrogen-bond acceptors (Lipinski definition) is 5. The maximum absolute atomic E-state index is 11.9. The van der Waals surface area contributed by atoms with Crippen molar-refractivity contribution in [3.63, 3.8) is 0 Å². The number of methoxy groups -OCH3 is 1. The minimum absolute atomic E-state index is 0.0348. The maximum atomic E-state index is 11.9. The smallest absolute Gasteiger partial charge is 0.257 e. The van der Waals surface area contributed by atoms with Crippen molar-refractivity contribution >= 4 is 22.3 Å². The van der Waals surface area contributed by atoms with Crippen molar-refractivity contribution in [1.82, 2.24) is 9.27 Å². The summed E-state index contributed by atoms with van der Waals surface area (Å²) in [4.78, 5) is 14.3. The Morgan fingerprint density at radius 2 is 2.18 bits per heavy atom. The second-order valence-electron chi connectivity index (χ2n) is 7.66. The zero-order chi connectivity index (χ0) is 19.5. The lowest BCUT2D eigenvalue weighted by Crippen LogP contribution is -2.28. The molecule has 0 bridgehead atoms. The number of likely N-dealkylation sites (N-methyl/N-ethyl adjacent to an activating group) is 1. The van der Waals surface area contributed by atoms with Crippen LogP contribution in [0.4, 0.5) is 0 Å². The normalized spacial score (nSPS) is 16.3. The lowest BCUT2D eigenvalue weighted by atomic mass is 9.82. The third kappa shape index (κ3) is 3.96. The molecule has 0 fully saturated rings. The van der Waals surface area contributed by atoms with Crippen LogP contribution in [0.1, 0.15) is 35.4 Å². The first-order valence-corrected chi connectivity index (χ1v) is 10.6. The predicted molar refractivity (Wildman–Crippen MR) is 116 cm³/mol. The largest absolute Gasteiger partial charge is 0.496 e. The van der Waals surface area contributed by atoms with Gasteiger partial charge in [-0.25, -0.2) is 0 Å². The van der Waals surface area contributed by atoms with Crippen LogP contribution < -0.4 is 9.48 Å². The Bertz CT molecular complexity index is 1030. The molecule has 2 aromatic carbocycles. The number of benzene rings is 2. The fourth-order valence-electron chi connectivity index (χ4n) is 4.32. The van der Waals surface area contributed by atoms with E-state index in [1.807, 2.05) is 6.07 Å². The molecule has 0 amide bonds. The molecule has 1 atom stereocenters. The highest BCUT2D eigenvalue weighted by atomic mass is 32.1. The number of nitrogens with zero attached hydrogens (tertiary/aromatic N) is 2. The Morgan fingerprint density at radius 1 is 1.29 bits per heavy atom. The molecule has 0 radical (unpaired) electrons. The molecular weight excluding hydrogens is 368 g/mol. The van der Waals surface area contributed by atoms with Crippen LogP contribution in [0.15, 0.2) is 47.4 Å². The van der Waals surface area contributed by atoms with Crippen molar-refractivity contribution in [3.8, 4) is 5.75 Å². The molecule has 28 heavy (non-hydrogen) atoms. The molecule has 1 aromatic heterocycles. The molecule has 1 unspecified atom stereocenters. The third-order valence-corrected chi connectivity index (χ3v) is 6.38. The van der Waals surface area contributed by atoms with E-state index < -0.39 is 0 Å². The Kier molecular flexibility index (Phi) is 5.74. The molecule has 0 aliphatic heterocycles. The van der Waals surface area contributed by atoms with Crippen LogP contribution in [-0.4, -0.2) is 36.5 Å². The molecule has 1 heterocycles. The predicted octanol–water partition coefficient (Wildman–Crippen LogP) is 4.26. The van der Waals surface area contributed by atoms with Gasteiger partial charge in [0.1, 0.15) is 5.75 Å². The van der Waals surface area contributed by atoms with Gasteiger partial charge in [0.2, 0.25) is 0 Å². The van der Waals surface area contributed by atoms with E-state index in [9.17, 15) is 4.79 Å². The highest BCUT2D eigenvalue weighted by Gasteiger charge is 2.23. The van der Waals surface area contributed by atoms with E-state index in [1.54, 1.807) is 13.3 Å². The molecule has 1 aliphatic rings. The third-order valence-electron chi connectivity index (χ3n) is 5.79. The Morgan fingerprint density at radius 3 is 3.04 bits per heavy atom. The second-order valence-corrected chi connectivity index (χ2v) is 8.43. The summed E-state index contributed by atoms with van der Waals surface area (Å²) < 4.78 is 9.68. The summed E-state index contributed by atoms with van der Waals surface area (Å²) in [6, 6.07) is 12.6. The molecular formula is C23H26N2O2S. The molecule has 5 heteroatoms. The fourth-order valence-corrected chi connectivity index (χ4v) is 4.87. The summed E-state index contributed by atoms with van der Waals surface area (Å²) in [5, 5.41) is 1.71. The van der Waals surface area contributed by atoms with Crippen LogP contribution in [0.2, 0.25) is 0 Å². The van der Waals surface area contributed by atoms with E-state index in [1.165, 1.54) is 29.5 Å². The number of fused-ring (bicyclic) bond motifs is 2. The fraction of sp³-hybridized carbons (Fsp3) is 0.391. The van der Waals surface area contributed by atoms with Gasteiger partial charge in [0, 0.05) is 41.6 Å². The van der Waals surface area contributed by atoms with Gasteiger partial charge in [-0.1, -0.05) is 18.2 Å². The van der Waals surface area contributed by atoms with Crippen molar-refractivity contribution in [1.29, 1.82) is 0 Å². The van der Waals surface area contributed by atoms with Crippen molar-refractivity contribution in [3.05, 3.63) is 68.8 Å². The summed E-state index contributed by atoms with van der Waals surface area (Å²) in [5.74, 6) is 1.60. The minimum Gasteiger partial charge on any atom is -0.496 e. The molecule has 146 valence electrons. The van der Waals surface area contributed by atoms with Crippen LogP contribution in [0.25, 0.3) is 10.8 Å². The highest BCUT2D eigenvalue weighted by Crippen LogP contribution is 2.36. The maximum Gasteiger partial charge on any atom is 0.257 e. The van der Waals surface area contributed by atoms with Gasteiger partial charge >= 0.3 is 0 Å². The molecule has 3 aromatic rings. The van der Waals surface area contributed by atoms with Gasteiger partial charge in [-0.15, -0.1) is 0 Å². The number of rotatable bonds is 6. The van der Waals surface area contributed by atoms with Crippen molar-refractivity contribution in [2.45, 2.75) is 31.6 Å². The van der Waals surface area contributed by atoms with Gasteiger partial charge in [-0.3, -0.25) is 4.79 Å². The summed E-state index contributed by atoms with van der Waals surface area (Å²) in [7, 11) is 3.97. The van der Waals surface area contributed by atoms with Gasteiger partial charge in [-0.2, -0.15) is 4.37 Å². The topological polar surface area (TPSA) is 42.4 Å². The first-order valence-electron chi connectivity index (χ1n) is 9.87. The molecule has 4 rings (SSSR count). The van der Waals surface area contributed by atoms with Crippen molar-refractivity contribution in [2.75, 3.05) is 27.2 Å². The van der Waals surface area contributed by atoms with Crippen molar-refractivity contribution in [2.24, 2.45) is 0 Å². The number of ether oxygens (including phenoxy) is 1. The van der Waals surface area contributed by atoms with E-state index in [0.29, 0.717) is 5.92 Å². The Balaban J connectivity index is 1.42. The van der Waals surface area contributed by atoms with E-state index in [2.05, 4.69) is 46.7 Å². The van der Waals surface area contributed by atoms with Crippen LogP contribution in [0, 0.1) is 0 Å². The lowest BCUT2D eigenvalue weighted by Gasteiger charge is -2.30. The van der Waals surface area contributed by atoms with E-state index in [4.69, 9.17) is 4.74 Å². The molecule has 1 aliphatic carbocycles. The summed E-state index contributed by atoms with van der Waals surface area (Å²) >= 11 is 1.01. The molecule has 4 nitrogen and oxygen atoms in total. The van der Waals surface area contributed by atoms with Crippen LogP contribution in [0.3, 0.4) is 0 Å². The second kappa shape index (κ2) is 8.41. The first kappa shape index (κ1) is 19.1. The van der Waals surface area contributed by atoms with E-state index in [-0.39, 0.29) is 4.74 Å². The zero-order valence-corrected chi connectivity index (χ0v) is 17.3. The number of hydrogen-bond donors (Lipinski definition) is 0. The number of aromatic nitrogens is 1. The summed E-state index contributed by atoms with van der Waals surface area (Å²) in [6.07, 6.45) is 6.34. The molecule has 0 spiro atoms. The van der Waals surface area contributed by atoms with Crippen LogP contribution >= 0.6 is 11.5 Å². The SMILES string of the molecule is COc1cccc2c1CCCC2CN(C)CCc1ccc2c(=O)sncc2c1. The van der Waals surface area contributed by atoms with Crippen molar-refractivity contribution < 1.29 is 4.74 Å². The average Bonchev–Trinajstić information content (AvgIpc) is 2.72. The summed E-state index contributed by atoms with van der Waals surface area (Å²) in [5.41, 5.74) is 4.10. The van der Waals surface area contributed by atoms with Gasteiger partial charge < -0.3 is 9.64 Å². The van der Waals surface area contributed by atoms with Gasteiger partial charge in [0.25, 0.3) is 4.74 Å². The highest BCUT2D eigenvalue weighted by molar-refractivity contribution is 7.03. The molecule has 0 saturated heterocycles. The lowest BCUT2D eigenvalue weighted by molar-refractivity contribution is 0.299. The monoisotopic (exact) mass is 394 g/mol. The Labute approximate surface area is 169 Å².